The minimum Gasteiger partial charge on any atom is -0.460 e. The first-order valence-corrected chi connectivity index (χ1v) is 15.7. The van der Waals surface area contributed by atoms with Gasteiger partial charge in [0.1, 0.15) is 30.0 Å². The molecule has 1 fully saturated rings. The summed E-state index contributed by atoms with van der Waals surface area (Å²) in [4.78, 5) is 70.1. The van der Waals surface area contributed by atoms with Crippen molar-refractivity contribution in [1.29, 1.82) is 0 Å². The van der Waals surface area contributed by atoms with E-state index in [9.17, 15) is 29.1 Å². The van der Waals surface area contributed by atoms with Crippen LogP contribution in [0.4, 0.5) is 10.6 Å². The number of amides is 3. The molecule has 0 radical (unpaired) electrons. The Labute approximate surface area is 277 Å². The first-order chi connectivity index (χ1) is 22.9. The molecule has 48 heavy (non-hydrogen) atoms. The molecule has 2 aromatic rings. The molecule has 15 heteroatoms. The zero-order valence-corrected chi connectivity index (χ0v) is 27.3. The number of aliphatic hydroxyl groups excluding tert-OH is 1. The maximum Gasteiger partial charge on any atom is 0.412 e. The van der Waals surface area contributed by atoms with E-state index in [1.165, 1.54) is 23.1 Å². The Bertz CT molecular complexity index is 1570. The fraction of sp³-hybridized carbons (Fsp3) is 0.485. The maximum atomic E-state index is 13.6. The molecule has 2 aromatic heterocycles. The van der Waals surface area contributed by atoms with Crippen LogP contribution in [0.3, 0.4) is 0 Å². The molecule has 0 aliphatic carbocycles. The number of hydrogen-bond acceptors (Lipinski definition) is 12. The van der Waals surface area contributed by atoms with Crippen molar-refractivity contribution < 1.29 is 47.5 Å². The van der Waals surface area contributed by atoms with Crippen LogP contribution < -0.4 is 10.6 Å². The Morgan fingerprint density at radius 2 is 2.02 bits per heavy atom. The highest BCUT2D eigenvalue weighted by Crippen LogP contribution is 2.26. The van der Waals surface area contributed by atoms with Gasteiger partial charge in [0.2, 0.25) is 11.8 Å². The largest absolute Gasteiger partial charge is 0.460 e. The van der Waals surface area contributed by atoms with Crippen molar-refractivity contribution in [1.82, 2.24) is 20.4 Å². The molecule has 0 spiro atoms. The lowest BCUT2D eigenvalue weighted by Gasteiger charge is -2.30. The molecule has 3 amide bonds. The summed E-state index contributed by atoms with van der Waals surface area (Å²) < 4.78 is 21.7. The maximum absolute atomic E-state index is 13.6. The number of fused-ring (bicyclic) bond motifs is 3. The summed E-state index contributed by atoms with van der Waals surface area (Å²) in [6.45, 7) is 7.23. The summed E-state index contributed by atoms with van der Waals surface area (Å²) in [7, 11) is 0. The molecule has 2 aliphatic rings. The fourth-order valence-electron chi connectivity index (χ4n) is 5.42. The average Bonchev–Trinajstić information content (AvgIpc) is 3.80. The quantitative estimate of drug-likeness (QED) is 0.403. The van der Waals surface area contributed by atoms with Gasteiger partial charge in [0, 0.05) is 37.4 Å². The Hall–Kier alpha value is -5.05. The second-order valence-corrected chi connectivity index (χ2v) is 12.0. The second-order valence-electron chi connectivity index (χ2n) is 12.0. The molecule has 4 heterocycles. The van der Waals surface area contributed by atoms with Crippen LogP contribution in [0.2, 0.25) is 0 Å². The Kier molecular flexibility index (Phi) is 12.4. The predicted octanol–water partition coefficient (Wildman–Crippen LogP) is 3.06. The molecule has 4 rings (SSSR count). The van der Waals surface area contributed by atoms with Crippen LogP contribution in [-0.2, 0) is 30.3 Å². The number of oxazole rings is 1. The normalized spacial score (nSPS) is 26.4. The van der Waals surface area contributed by atoms with Gasteiger partial charge in [-0.25, -0.2) is 14.6 Å². The van der Waals surface area contributed by atoms with Crippen molar-refractivity contribution in [2.75, 3.05) is 25.0 Å². The van der Waals surface area contributed by atoms with Gasteiger partial charge in [-0.15, -0.1) is 0 Å². The number of aliphatic hydroxyl groups is 1. The molecule has 5 atom stereocenters. The second kappa shape index (κ2) is 16.7. The number of rotatable bonds is 4. The highest BCUT2D eigenvalue weighted by molar-refractivity contribution is 5.95. The number of ether oxygens (including phenoxy) is 2. The first-order valence-electron chi connectivity index (χ1n) is 15.7. The number of carbonyl (C=O) groups excluding carboxylic acids is 5. The van der Waals surface area contributed by atoms with E-state index >= 15 is 0 Å². The Balaban J connectivity index is 1.54. The zero-order valence-electron chi connectivity index (χ0n) is 27.3. The van der Waals surface area contributed by atoms with Gasteiger partial charge in [-0.05, 0) is 32.8 Å². The molecule has 2 aliphatic heterocycles. The topological polar surface area (TPSA) is 203 Å². The molecule has 2 bridgehead atoms. The van der Waals surface area contributed by atoms with Gasteiger partial charge in [-0.3, -0.25) is 19.7 Å². The number of ketones is 1. The molecule has 0 aromatic carbocycles. The first kappa shape index (κ1) is 35.8. The van der Waals surface area contributed by atoms with Gasteiger partial charge in [0.05, 0.1) is 19.1 Å². The summed E-state index contributed by atoms with van der Waals surface area (Å²) in [5, 5.41) is 19.2. The molecule has 3 N–H and O–H groups in total. The van der Waals surface area contributed by atoms with E-state index in [1.807, 2.05) is 0 Å². The smallest absolute Gasteiger partial charge is 0.412 e. The number of esters is 1. The Morgan fingerprint density at radius 3 is 2.77 bits per heavy atom. The van der Waals surface area contributed by atoms with Gasteiger partial charge in [0.25, 0.3) is 5.91 Å². The van der Waals surface area contributed by atoms with E-state index in [-0.39, 0.29) is 55.7 Å². The third-order valence-corrected chi connectivity index (χ3v) is 7.79. The monoisotopic (exact) mass is 667 g/mol. The van der Waals surface area contributed by atoms with Crippen LogP contribution in [0.1, 0.15) is 62.2 Å². The third-order valence-electron chi connectivity index (χ3n) is 7.79. The van der Waals surface area contributed by atoms with Crippen LogP contribution in [-0.4, -0.2) is 87.8 Å². The van der Waals surface area contributed by atoms with Crippen molar-refractivity contribution in [2.45, 2.75) is 71.6 Å². The number of anilines is 1. The lowest BCUT2D eigenvalue weighted by Crippen LogP contribution is -2.44. The summed E-state index contributed by atoms with van der Waals surface area (Å²) in [5.74, 6) is -2.31. The molecule has 1 saturated heterocycles. The lowest BCUT2D eigenvalue weighted by molar-refractivity contribution is -0.159. The number of aryl methyl sites for hydroxylation is 1. The number of allylic oxidation sites excluding steroid dienone is 2. The van der Waals surface area contributed by atoms with Crippen LogP contribution in [0.15, 0.2) is 57.2 Å². The van der Waals surface area contributed by atoms with Crippen molar-refractivity contribution in [3.05, 3.63) is 65.6 Å². The number of nitrogens with zero attached hydrogens (tertiary/aromatic N) is 3. The van der Waals surface area contributed by atoms with Crippen molar-refractivity contribution in [3.63, 3.8) is 0 Å². The molecule has 0 saturated carbocycles. The van der Waals surface area contributed by atoms with E-state index in [1.54, 1.807) is 45.9 Å². The average molecular weight is 668 g/mol. The van der Waals surface area contributed by atoms with Gasteiger partial charge < -0.3 is 33.7 Å². The van der Waals surface area contributed by atoms with Gasteiger partial charge >= 0.3 is 12.1 Å². The number of nitrogens with one attached hydrogen (secondary N) is 2. The lowest BCUT2D eigenvalue weighted by atomic mass is 9.93. The van der Waals surface area contributed by atoms with Crippen LogP contribution in [0, 0.1) is 18.8 Å². The summed E-state index contributed by atoms with van der Waals surface area (Å²) in [6.07, 6.45) is 6.74. The van der Waals surface area contributed by atoms with E-state index in [2.05, 4.69) is 20.8 Å². The number of carbonyl (C=O) groups is 5. The standard InChI is InChI=1S/C33H41N5O10/c1-19-7-5-11-34-28(41)10-9-20(2)30(21(3)17-46-33(44)36-27-14-22(4)48-37-27)47-32(43)26-8-6-12-38(26)31(42)25-18-45-29(35-25)16-24(40)15-23(39)13-19/h5,7,9-10,13-14,18,20-21,23,26,30,39H,6,8,11-12,15-17H2,1-4H3,(H,34,41)(H,36,37,44)/b7-5+,10-9+,19-13+/t20-,21+,23-,26-,30+/m1/s1. The fourth-order valence-corrected chi connectivity index (χ4v) is 5.42. The highest BCUT2D eigenvalue weighted by Gasteiger charge is 2.39. The van der Waals surface area contributed by atoms with Crippen LogP contribution in [0.25, 0.3) is 0 Å². The number of hydrogen-bond donors (Lipinski definition) is 3. The molecule has 15 nitrogen and oxygen atoms in total. The van der Waals surface area contributed by atoms with Crippen LogP contribution >= 0.6 is 0 Å². The predicted molar refractivity (Wildman–Crippen MR) is 169 cm³/mol. The van der Waals surface area contributed by atoms with Gasteiger partial charge in [-0.2, -0.15) is 0 Å². The van der Waals surface area contributed by atoms with Crippen LogP contribution in [0.5, 0.6) is 0 Å². The van der Waals surface area contributed by atoms with E-state index in [0.29, 0.717) is 24.2 Å². The van der Waals surface area contributed by atoms with Crippen molar-refractivity contribution >= 4 is 35.5 Å². The third kappa shape index (κ3) is 10.2. The number of cyclic esters (lactones) is 1. The SMILES string of the molecule is CC1=C\[C@@H](O)CC(=O)Cc2nc(co2)C(=O)N2CCC[C@@H]2C(=O)O[C@H]([C@@H](C)COC(=O)Nc2cc(C)on2)[C@H](C)/C=C/C(=O)NC\C=C\1. The molecular formula is C33H41N5O10. The van der Waals surface area contributed by atoms with Gasteiger partial charge in [-0.1, -0.05) is 48.9 Å². The zero-order chi connectivity index (χ0) is 34.8. The highest BCUT2D eigenvalue weighted by atomic mass is 16.6. The summed E-state index contributed by atoms with van der Waals surface area (Å²) in [5.41, 5.74) is 0.619. The summed E-state index contributed by atoms with van der Waals surface area (Å²) >= 11 is 0. The van der Waals surface area contributed by atoms with Gasteiger partial charge in [0.15, 0.2) is 11.5 Å². The number of aromatic nitrogens is 2. The van der Waals surface area contributed by atoms with Crippen molar-refractivity contribution in [2.24, 2.45) is 11.8 Å². The Morgan fingerprint density at radius 1 is 1.23 bits per heavy atom. The van der Waals surface area contributed by atoms with Crippen molar-refractivity contribution in [3.8, 4) is 0 Å². The molecule has 258 valence electrons. The molecular weight excluding hydrogens is 626 g/mol. The number of Topliss-reactive ketones (excluding diaryl/α,β-unsaturated/α-hetero) is 1. The van der Waals surface area contributed by atoms with E-state index in [4.69, 9.17) is 18.4 Å². The minimum absolute atomic E-state index is 0.0147. The summed E-state index contributed by atoms with van der Waals surface area (Å²) in [6, 6.07) is 0.599. The molecule has 0 unspecified atom stereocenters. The minimum atomic E-state index is -1.05. The van der Waals surface area contributed by atoms with E-state index in [0.717, 1.165) is 6.26 Å². The van der Waals surface area contributed by atoms with E-state index < -0.39 is 54.0 Å².